The molecule has 0 aromatic heterocycles. The molecule has 0 spiro atoms. The van der Waals surface area contributed by atoms with Gasteiger partial charge in [0.25, 0.3) is 5.91 Å². The summed E-state index contributed by atoms with van der Waals surface area (Å²) >= 11 is 3.37. The van der Waals surface area contributed by atoms with Crippen LogP contribution < -0.4 is 10.1 Å². The topological polar surface area (TPSA) is 64.6 Å². The monoisotopic (exact) mass is 383 g/mol. The summed E-state index contributed by atoms with van der Waals surface area (Å²) in [5.41, 5.74) is 0. The first kappa shape index (κ1) is 17.8. The van der Waals surface area contributed by atoms with E-state index in [2.05, 4.69) is 21.2 Å². The number of nitrogens with one attached hydrogen (secondary N) is 1. The van der Waals surface area contributed by atoms with Gasteiger partial charge in [-0.25, -0.2) is 0 Å². The van der Waals surface area contributed by atoms with Crippen molar-refractivity contribution in [1.82, 2.24) is 5.32 Å². The van der Waals surface area contributed by atoms with Crippen molar-refractivity contribution in [3.05, 3.63) is 28.7 Å². The average molecular weight is 384 g/mol. The SMILES string of the molecule is CC(NC(=O)COC(=O)CCCOc1cccc(Br)c1)C1CC1. The molecule has 1 aliphatic carbocycles. The summed E-state index contributed by atoms with van der Waals surface area (Å²) in [6.45, 7) is 2.20. The van der Waals surface area contributed by atoms with E-state index < -0.39 is 0 Å². The third-order valence-corrected chi connectivity index (χ3v) is 4.17. The lowest BCUT2D eigenvalue weighted by atomic mass is 10.2. The van der Waals surface area contributed by atoms with Crippen molar-refractivity contribution in [2.75, 3.05) is 13.2 Å². The molecule has 1 unspecified atom stereocenters. The normalized spacial score (nSPS) is 14.9. The standard InChI is InChI=1S/C17H22BrNO4/c1-12(13-7-8-13)19-16(20)11-23-17(21)6-3-9-22-15-5-2-4-14(18)10-15/h2,4-5,10,12-13H,3,6-9,11H2,1H3,(H,19,20). The van der Waals surface area contributed by atoms with Gasteiger partial charge in [-0.3, -0.25) is 9.59 Å². The van der Waals surface area contributed by atoms with E-state index in [0.29, 0.717) is 18.9 Å². The van der Waals surface area contributed by atoms with Crippen molar-refractivity contribution in [2.24, 2.45) is 5.92 Å². The number of halogens is 1. The van der Waals surface area contributed by atoms with Gasteiger partial charge < -0.3 is 14.8 Å². The lowest BCUT2D eigenvalue weighted by Crippen LogP contribution is -2.37. The predicted octanol–water partition coefficient (Wildman–Crippen LogP) is 3.07. The first-order valence-corrected chi connectivity index (χ1v) is 8.67. The maximum absolute atomic E-state index is 11.6. The van der Waals surface area contributed by atoms with Gasteiger partial charge >= 0.3 is 5.97 Å². The molecule has 1 amide bonds. The summed E-state index contributed by atoms with van der Waals surface area (Å²) in [5, 5.41) is 2.85. The van der Waals surface area contributed by atoms with Crippen molar-refractivity contribution in [3.8, 4) is 5.75 Å². The van der Waals surface area contributed by atoms with Crippen LogP contribution in [-0.2, 0) is 14.3 Å². The fraction of sp³-hybridized carbons (Fsp3) is 0.529. The first-order chi connectivity index (χ1) is 11.0. The van der Waals surface area contributed by atoms with Crippen molar-refractivity contribution < 1.29 is 19.1 Å². The zero-order valence-corrected chi connectivity index (χ0v) is 14.8. The van der Waals surface area contributed by atoms with E-state index in [1.807, 2.05) is 31.2 Å². The van der Waals surface area contributed by atoms with Gasteiger partial charge in [0.05, 0.1) is 6.61 Å². The molecule has 23 heavy (non-hydrogen) atoms. The van der Waals surface area contributed by atoms with Gasteiger partial charge in [-0.2, -0.15) is 0 Å². The van der Waals surface area contributed by atoms with Crippen molar-refractivity contribution in [2.45, 2.75) is 38.6 Å². The Morgan fingerprint density at radius 1 is 1.39 bits per heavy atom. The van der Waals surface area contributed by atoms with E-state index >= 15 is 0 Å². The highest BCUT2D eigenvalue weighted by Crippen LogP contribution is 2.32. The molecule has 0 heterocycles. The molecule has 5 nitrogen and oxygen atoms in total. The van der Waals surface area contributed by atoms with Crippen LogP contribution in [0.4, 0.5) is 0 Å². The summed E-state index contributed by atoms with van der Waals surface area (Å²) in [4.78, 5) is 23.2. The lowest BCUT2D eigenvalue weighted by molar-refractivity contribution is -0.148. The molecule has 2 rings (SSSR count). The summed E-state index contributed by atoms with van der Waals surface area (Å²) in [6, 6.07) is 7.69. The molecule has 0 bridgehead atoms. The maximum atomic E-state index is 11.6. The van der Waals surface area contributed by atoms with E-state index in [9.17, 15) is 9.59 Å². The third kappa shape index (κ3) is 7.03. The smallest absolute Gasteiger partial charge is 0.306 e. The summed E-state index contributed by atoms with van der Waals surface area (Å²) in [6.07, 6.45) is 3.11. The van der Waals surface area contributed by atoms with Gasteiger partial charge in [0.1, 0.15) is 5.75 Å². The Morgan fingerprint density at radius 2 is 2.17 bits per heavy atom. The van der Waals surface area contributed by atoms with Crippen LogP contribution >= 0.6 is 15.9 Å². The predicted molar refractivity (Wildman–Crippen MR) is 90.2 cm³/mol. The Kier molecular flexibility index (Phi) is 6.89. The summed E-state index contributed by atoms with van der Waals surface area (Å²) in [7, 11) is 0. The van der Waals surface area contributed by atoms with E-state index in [0.717, 1.165) is 10.2 Å². The Labute approximate surface area is 144 Å². The molecule has 0 saturated heterocycles. The van der Waals surface area contributed by atoms with Crippen LogP contribution in [0.2, 0.25) is 0 Å². The highest BCUT2D eigenvalue weighted by Gasteiger charge is 2.28. The molecule has 1 saturated carbocycles. The van der Waals surface area contributed by atoms with E-state index in [1.165, 1.54) is 12.8 Å². The van der Waals surface area contributed by atoms with Gasteiger partial charge in [0.15, 0.2) is 6.61 Å². The highest BCUT2D eigenvalue weighted by molar-refractivity contribution is 9.10. The molecule has 1 aliphatic rings. The molecule has 1 aromatic carbocycles. The Bertz CT molecular complexity index is 545. The van der Waals surface area contributed by atoms with Crippen molar-refractivity contribution in [3.63, 3.8) is 0 Å². The average Bonchev–Trinajstić information content (AvgIpc) is 3.34. The van der Waals surface area contributed by atoms with Crippen molar-refractivity contribution >= 4 is 27.8 Å². The van der Waals surface area contributed by atoms with Crippen LogP contribution in [0.1, 0.15) is 32.6 Å². The number of carbonyl (C=O) groups is 2. The van der Waals surface area contributed by atoms with Gasteiger partial charge in [-0.05, 0) is 50.3 Å². The van der Waals surface area contributed by atoms with Crippen LogP contribution in [0.25, 0.3) is 0 Å². The molecule has 0 aliphatic heterocycles. The summed E-state index contributed by atoms with van der Waals surface area (Å²) < 4.78 is 11.4. The lowest BCUT2D eigenvalue weighted by Gasteiger charge is -2.12. The molecule has 1 fully saturated rings. The number of benzene rings is 1. The van der Waals surface area contributed by atoms with Crippen LogP contribution in [0.5, 0.6) is 5.75 Å². The molecule has 1 aromatic rings. The van der Waals surface area contributed by atoms with Gasteiger partial charge in [0.2, 0.25) is 0 Å². The Balaban J connectivity index is 1.53. The number of rotatable bonds is 9. The number of hydrogen-bond donors (Lipinski definition) is 1. The number of carbonyl (C=O) groups excluding carboxylic acids is 2. The minimum absolute atomic E-state index is 0.166. The minimum Gasteiger partial charge on any atom is -0.494 e. The quantitative estimate of drug-likeness (QED) is 0.525. The largest absolute Gasteiger partial charge is 0.494 e. The van der Waals surface area contributed by atoms with E-state index in [4.69, 9.17) is 9.47 Å². The second-order valence-corrected chi connectivity index (χ2v) is 6.68. The number of amides is 1. The van der Waals surface area contributed by atoms with Crippen LogP contribution in [0, 0.1) is 5.92 Å². The van der Waals surface area contributed by atoms with Gasteiger partial charge in [0, 0.05) is 16.9 Å². The fourth-order valence-electron chi connectivity index (χ4n) is 2.19. The third-order valence-electron chi connectivity index (χ3n) is 3.67. The number of hydrogen-bond acceptors (Lipinski definition) is 4. The summed E-state index contributed by atoms with van der Waals surface area (Å²) in [5.74, 6) is 0.728. The first-order valence-electron chi connectivity index (χ1n) is 7.88. The molecular weight excluding hydrogens is 362 g/mol. The Morgan fingerprint density at radius 3 is 2.87 bits per heavy atom. The molecule has 126 valence electrons. The van der Waals surface area contributed by atoms with Crippen LogP contribution in [-0.4, -0.2) is 31.1 Å². The maximum Gasteiger partial charge on any atom is 0.306 e. The van der Waals surface area contributed by atoms with Crippen LogP contribution in [0.15, 0.2) is 28.7 Å². The second kappa shape index (κ2) is 8.91. The number of ether oxygens (including phenoxy) is 2. The molecule has 0 radical (unpaired) electrons. The number of esters is 1. The highest BCUT2D eigenvalue weighted by atomic mass is 79.9. The zero-order chi connectivity index (χ0) is 16.7. The van der Waals surface area contributed by atoms with E-state index in [-0.39, 0.29) is 30.9 Å². The van der Waals surface area contributed by atoms with E-state index in [1.54, 1.807) is 0 Å². The van der Waals surface area contributed by atoms with Crippen LogP contribution in [0.3, 0.4) is 0 Å². The van der Waals surface area contributed by atoms with Crippen molar-refractivity contribution in [1.29, 1.82) is 0 Å². The van der Waals surface area contributed by atoms with Gasteiger partial charge in [-0.1, -0.05) is 22.0 Å². The zero-order valence-electron chi connectivity index (χ0n) is 13.2. The Hall–Kier alpha value is -1.56. The minimum atomic E-state index is -0.378. The molecule has 1 N–H and O–H groups in total. The molecule has 6 heteroatoms. The molecule has 1 atom stereocenters. The fourth-order valence-corrected chi connectivity index (χ4v) is 2.57. The molecular formula is C17H22BrNO4. The van der Waals surface area contributed by atoms with Gasteiger partial charge in [-0.15, -0.1) is 0 Å². The second-order valence-electron chi connectivity index (χ2n) is 5.76.